The number of nitrogens with two attached hydrogens (primary N) is 1. The fourth-order valence-corrected chi connectivity index (χ4v) is 2.87. The summed E-state index contributed by atoms with van der Waals surface area (Å²) in [5.41, 5.74) is 8.86. The van der Waals surface area contributed by atoms with Gasteiger partial charge in [-0.15, -0.1) is 0 Å². The molecule has 2 N–H and O–H groups in total. The molecule has 0 bridgehead atoms. The fraction of sp³-hybridized carbons (Fsp3) is 0.111. The van der Waals surface area contributed by atoms with Gasteiger partial charge in [0, 0.05) is 16.1 Å². The van der Waals surface area contributed by atoms with Crippen LogP contribution in [-0.2, 0) is 0 Å². The van der Waals surface area contributed by atoms with Crippen LogP contribution in [0.2, 0.25) is 10.0 Å². The normalized spacial score (nSPS) is 10.6. The monoisotopic (exact) mass is 359 g/mol. The van der Waals surface area contributed by atoms with Crippen LogP contribution in [0.1, 0.15) is 6.92 Å². The van der Waals surface area contributed by atoms with E-state index >= 15 is 0 Å². The van der Waals surface area contributed by atoms with E-state index in [1.807, 2.05) is 43.3 Å². The van der Waals surface area contributed by atoms with Crippen LogP contribution in [0.3, 0.4) is 0 Å². The molecule has 3 aromatic rings. The highest BCUT2D eigenvalue weighted by Crippen LogP contribution is 2.32. The third-order valence-corrected chi connectivity index (χ3v) is 3.94. The highest BCUT2D eigenvalue weighted by atomic mass is 35.5. The molecule has 0 aliphatic carbocycles. The molecule has 122 valence electrons. The van der Waals surface area contributed by atoms with E-state index in [-0.39, 0.29) is 5.95 Å². The first-order valence-corrected chi connectivity index (χ1v) is 8.15. The summed E-state index contributed by atoms with van der Waals surface area (Å²) in [6, 6.07) is 14.8. The van der Waals surface area contributed by atoms with Gasteiger partial charge in [0.25, 0.3) is 0 Å². The Morgan fingerprint density at radius 2 is 1.79 bits per heavy atom. The Morgan fingerprint density at radius 1 is 1.00 bits per heavy atom. The first kappa shape index (κ1) is 16.6. The summed E-state index contributed by atoms with van der Waals surface area (Å²) in [6.07, 6.45) is 0. The quantitative estimate of drug-likeness (QED) is 0.703. The molecular formula is C18H15Cl2N3O. The van der Waals surface area contributed by atoms with Gasteiger partial charge in [-0.3, -0.25) is 0 Å². The fourth-order valence-electron chi connectivity index (χ4n) is 2.36. The van der Waals surface area contributed by atoms with Crippen molar-refractivity contribution in [1.82, 2.24) is 9.97 Å². The molecule has 0 saturated heterocycles. The van der Waals surface area contributed by atoms with E-state index in [0.29, 0.717) is 28.0 Å². The molecule has 0 aliphatic rings. The molecular weight excluding hydrogens is 345 g/mol. The molecule has 0 atom stereocenters. The van der Waals surface area contributed by atoms with Crippen LogP contribution in [0.5, 0.6) is 5.75 Å². The van der Waals surface area contributed by atoms with Gasteiger partial charge in [0.15, 0.2) is 0 Å². The second kappa shape index (κ2) is 7.07. The third-order valence-electron chi connectivity index (χ3n) is 3.39. The van der Waals surface area contributed by atoms with Crippen molar-refractivity contribution in [3.63, 3.8) is 0 Å². The first-order chi connectivity index (χ1) is 11.6. The van der Waals surface area contributed by atoms with E-state index in [1.54, 1.807) is 12.1 Å². The summed E-state index contributed by atoms with van der Waals surface area (Å²) in [7, 11) is 0. The van der Waals surface area contributed by atoms with E-state index < -0.39 is 0 Å². The lowest BCUT2D eigenvalue weighted by Crippen LogP contribution is -1.99. The number of aromatic nitrogens is 2. The second-order valence-electron chi connectivity index (χ2n) is 5.08. The Morgan fingerprint density at radius 3 is 2.54 bits per heavy atom. The van der Waals surface area contributed by atoms with Gasteiger partial charge in [-0.2, -0.15) is 0 Å². The zero-order valence-electron chi connectivity index (χ0n) is 13.0. The van der Waals surface area contributed by atoms with Gasteiger partial charge in [-0.25, -0.2) is 9.97 Å². The molecule has 1 aromatic heterocycles. The maximum Gasteiger partial charge on any atom is 0.221 e. The molecule has 0 spiro atoms. The average Bonchev–Trinajstić information content (AvgIpc) is 2.55. The number of halogens is 2. The Balaban J connectivity index is 2.08. The summed E-state index contributed by atoms with van der Waals surface area (Å²) in [6.45, 7) is 2.54. The third kappa shape index (κ3) is 3.61. The summed E-state index contributed by atoms with van der Waals surface area (Å²) >= 11 is 12.2. The highest BCUT2D eigenvalue weighted by Gasteiger charge is 2.11. The standard InChI is InChI=1S/C18H15Cl2N3O/c1-2-24-13-5-3-4-11(8-13)16-10-17(23-18(21)22-16)14-7-6-12(19)9-15(14)20/h3-10H,2H2,1H3,(H2,21,22,23). The largest absolute Gasteiger partial charge is 0.494 e. The zero-order valence-corrected chi connectivity index (χ0v) is 14.5. The van der Waals surface area contributed by atoms with Crippen molar-refractivity contribution < 1.29 is 4.74 Å². The minimum absolute atomic E-state index is 0.176. The number of nitrogen functional groups attached to an aromatic ring is 1. The van der Waals surface area contributed by atoms with E-state index in [2.05, 4.69) is 9.97 Å². The van der Waals surface area contributed by atoms with Gasteiger partial charge in [-0.05, 0) is 43.3 Å². The maximum absolute atomic E-state index is 6.28. The topological polar surface area (TPSA) is 61.0 Å². The van der Waals surface area contributed by atoms with Gasteiger partial charge in [0.05, 0.1) is 23.0 Å². The highest BCUT2D eigenvalue weighted by molar-refractivity contribution is 6.36. The van der Waals surface area contributed by atoms with Crippen LogP contribution >= 0.6 is 23.2 Å². The van der Waals surface area contributed by atoms with Crippen molar-refractivity contribution >= 4 is 29.2 Å². The van der Waals surface area contributed by atoms with Gasteiger partial charge in [0.1, 0.15) is 5.75 Å². The van der Waals surface area contributed by atoms with Crippen LogP contribution in [0, 0.1) is 0 Å². The number of hydrogen-bond donors (Lipinski definition) is 1. The zero-order chi connectivity index (χ0) is 17.1. The van der Waals surface area contributed by atoms with Crippen molar-refractivity contribution in [2.75, 3.05) is 12.3 Å². The lowest BCUT2D eigenvalue weighted by molar-refractivity contribution is 0.340. The lowest BCUT2D eigenvalue weighted by Gasteiger charge is -2.09. The number of hydrogen-bond acceptors (Lipinski definition) is 4. The second-order valence-corrected chi connectivity index (χ2v) is 5.93. The molecule has 1 heterocycles. The number of benzene rings is 2. The molecule has 6 heteroatoms. The van der Waals surface area contributed by atoms with Crippen molar-refractivity contribution in [1.29, 1.82) is 0 Å². The lowest BCUT2D eigenvalue weighted by atomic mass is 10.1. The van der Waals surface area contributed by atoms with Crippen molar-refractivity contribution in [3.05, 3.63) is 58.6 Å². The molecule has 4 nitrogen and oxygen atoms in total. The minimum atomic E-state index is 0.176. The Hall–Kier alpha value is -2.30. The summed E-state index contributed by atoms with van der Waals surface area (Å²) in [5.74, 6) is 0.952. The Labute approximate surface area is 150 Å². The smallest absolute Gasteiger partial charge is 0.221 e. The van der Waals surface area contributed by atoms with Crippen molar-refractivity contribution in [2.45, 2.75) is 6.92 Å². The molecule has 0 unspecified atom stereocenters. The van der Waals surface area contributed by atoms with Gasteiger partial charge < -0.3 is 10.5 Å². The van der Waals surface area contributed by atoms with Crippen molar-refractivity contribution in [3.8, 4) is 28.3 Å². The molecule has 0 radical (unpaired) electrons. The van der Waals surface area contributed by atoms with Crippen LogP contribution in [-0.4, -0.2) is 16.6 Å². The van der Waals surface area contributed by atoms with Gasteiger partial charge >= 0.3 is 0 Å². The molecule has 0 saturated carbocycles. The van der Waals surface area contributed by atoms with Crippen LogP contribution in [0.25, 0.3) is 22.5 Å². The molecule has 3 rings (SSSR count). The number of ether oxygens (including phenoxy) is 1. The average molecular weight is 360 g/mol. The molecule has 0 aliphatic heterocycles. The van der Waals surface area contributed by atoms with Crippen LogP contribution in [0.15, 0.2) is 48.5 Å². The van der Waals surface area contributed by atoms with Gasteiger partial charge in [0.2, 0.25) is 5.95 Å². The number of rotatable bonds is 4. The SMILES string of the molecule is CCOc1cccc(-c2cc(-c3ccc(Cl)cc3Cl)nc(N)n2)c1. The molecule has 0 amide bonds. The number of nitrogens with zero attached hydrogens (tertiary/aromatic N) is 2. The summed E-state index contributed by atoms with van der Waals surface area (Å²) in [4.78, 5) is 8.61. The summed E-state index contributed by atoms with van der Waals surface area (Å²) < 4.78 is 5.53. The van der Waals surface area contributed by atoms with E-state index in [9.17, 15) is 0 Å². The molecule has 2 aromatic carbocycles. The van der Waals surface area contributed by atoms with E-state index in [0.717, 1.165) is 16.9 Å². The first-order valence-electron chi connectivity index (χ1n) is 7.40. The maximum atomic E-state index is 6.28. The predicted molar refractivity (Wildman–Crippen MR) is 98.5 cm³/mol. The number of anilines is 1. The van der Waals surface area contributed by atoms with Crippen molar-refractivity contribution in [2.24, 2.45) is 0 Å². The summed E-state index contributed by atoms with van der Waals surface area (Å²) in [5, 5.41) is 1.07. The molecule has 0 fully saturated rings. The predicted octanol–water partition coefficient (Wildman–Crippen LogP) is 5.10. The van der Waals surface area contributed by atoms with Crippen LogP contribution < -0.4 is 10.5 Å². The Kier molecular flexibility index (Phi) is 4.88. The molecule has 24 heavy (non-hydrogen) atoms. The van der Waals surface area contributed by atoms with E-state index in [4.69, 9.17) is 33.7 Å². The van der Waals surface area contributed by atoms with E-state index in [1.165, 1.54) is 0 Å². The van der Waals surface area contributed by atoms with Gasteiger partial charge in [-0.1, -0.05) is 35.3 Å². The minimum Gasteiger partial charge on any atom is -0.494 e. The Bertz CT molecular complexity index is 884. The van der Waals surface area contributed by atoms with Crippen LogP contribution in [0.4, 0.5) is 5.95 Å².